The Bertz CT molecular complexity index is 1420. The molecule has 0 spiro atoms. The molecule has 0 amide bonds. The molecule has 2 aromatic heterocycles. The van der Waals surface area contributed by atoms with Crippen LogP contribution in [0.5, 0.6) is 0 Å². The number of nitrogens with zero attached hydrogens (tertiary/aromatic N) is 3. The van der Waals surface area contributed by atoms with Crippen LogP contribution in [0.1, 0.15) is 18.7 Å². The number of para-hydroxylation sites is 2. The molecule has 0 saturated carbocycles. The van der Waals surface area contributed by atoms with E-state index in [0.717, 1.165) is 29.9 Å². The van der Waals surface area contributed by atoms with Crippen LogP contribution in [0, 0.1) is 0 Å². The van der Waals surface area contributed by atoms with Crippen molar-refractivity contribution in [1.29, 1.82) is 0 Å². The standard InChI is InChI=1S/C28H21N3/c1-2-8-20(9-3-1)25-18-19-29-28(30-25)21-14-16-22(17-15-21)31-26-12-6-4-10-23(26)24-11-5-7-13-27(24)31/h1-14,16,18-19H,15,17H2. The molecule has 31 heavy (non-hydrogen) atoms. The summed E-state index contributed by atoms with van der Waals surface area (Å²) in [4.78, 5) is 9.40. The molecular formula is C28H21N3. The highest BCUT2D eigenvalue weighted by Gasteiger charge is 2.17. The molecule has 0 bridgehead atoms. The van der Waals surface area contributed by atoms with E-state index in [1.165, 1.54) is 33.1 Å². The largest absolute Gasteiger partial charge is 0.313 e. The molecule has 1 aliphatic carbocycles. The van der Waals surface area contributed by atoms with Gasteiger partial charge in [0, 0.05) is 28.2 Å². The highest BCUT2D eigenvalue weighted by Crippen LogP contribution is 2.35. The van der Waals surface area contributed by atoms with Crippen molar-refractivity contribution >= 4 is 33.1 Å². The summed E-state index contributed by atoms with van der Waals surface area (Å²) in [5.41, 5.74) is 7.08. The van der Waals surface area contributed by atoms with Crippen LogP contribution in [0.2, 0.25) is 0 Å². The SMILES string of the molecule is C1=C(c2nccc(-c3ccccc3)n2)CCC(n2c3ccccc3c3ccccc32)=C1. The monoisotopic (exact) mass is 399 g/mol. The maximum atomic E-state index is 4.84. The Morgan fingerprint density at radius 1 is 0.645 bits per heavy atom. The van der Waals surface area contributed by atoms with Gasteiger partial charge in [0.15, 0.2) is 5.82 Å². The summed E-state index contributed by atoms with van der Waals surface area (Å²) in [6.45, 7) is 0. The first kappa shape index (κ1) is 17.8. The first-order chi connectivity index (χ1) is 15.4. The fourth-order valence-corrected chi connectivity index (χ4v) is 4.51. The van der Waals surface area contributed by atoms with Gasteiger partial charge in [-0.15, -0.1) is 0 Å². The molecule has 0 aliphatic heterocycles. The van der Waals surface area contributed by atoms with Gasteiger partial charge < -0.3 is 4.57 Å². The first-order valence-electron chi connectivity index (χ1n) is 10.7. The van der Waals surface area contributed by atoms with Gasteiger partial charge in [-0.05, 0) is 42.7 Å². The molecule has 5 aromatic rings. The van der Waals surface area contributed by atoms with Gasteiger partial charge in [0.1, 0.15) is 0 Å². The Labute approximate surface area is 181 Å². The highest BCUT2D eigenvalue weighted by atomic mass is 15.0. The van der Waals surface area contributed by atoms with Crippen molar-refractivity contribution in [3.63, 3.8) is 0 Å². The van der Waals surface area contributed by atoms with Gasteiger partial charge in [-0.3, -0.25) is 0 Å². The molecule has 0 unspecified atom stereocenters. The lowest BCUT2D eigenvalue weighted by Gasteiger charge is -2.17. The van der Waals surface area contributed by atoms with Crippen LogP contribution >= 0.6 is 0 Å². The Kier molecular flexibility index (Phi) is 4.24. The van der Waals surface area contributed by atoms with Crippen molar-refractivity contribution < 1.29 is 0 Å². The molecule has 0 fully saturated rings. The van der Waals surface area contributed by atoms with Crippen LogP contribution < -0.4 is 0 Å². The number of rotatable bonds is 3. The molecule has 2 heterocycles. The summed E-state index contributed by atoms with van der Waals surface area (Å²) in [6, 6.07) is 29.5. The Hall–Kier alpha value is -3.98. The molecule has 0 radical (unpaired) electrons. The van der Waals surface area contributed by atoms with Crippen LogP contribution in [0.4, 0.5) is 0 Å². The maximum Gasteiger partial charge on any atom is 0.155 e. The van der Waals surface area contributed by atoms with Crippen molar-refractivity contribution in [3.05, 3.63) is 109 Å². The van der Waals surface area contributed by atoms with E-state index in [1.807, 2.05) is 30.5 Å². The van der Waals surface area contributed by atoms with Gasteiger partial charge in [0.25, 0.3) is 0 Å². The van der Waals surface area contributed by atoms with Crippen molar-refractivity contribution in [2.75, 3.05) is 0 Å². The average molecular weight is 399 g/mol. The second-order valence-electron chi connectivity index (χ2n) is 7.85. The van der Waals surface area contributed by atoms with Crippen molar-refractivity contribution in [2.45, 2.75) is 12.8 Å². The number of hydrogen-bond donors (Lipinski definition) is 0. The van der Waals surface area contributed by atoms with Gasteiger partial charge >= 0.3 is 0 Å². The summed E-state index contributed by atoms with van der Waals surface area (Å²) in [5.74, 6) is 0.818. The average Bonchev–Trinajstić information content (AvgIpc) is 3.19. The minimum absolute atomic E-state index is 0.818. The molecule has 3 nitrogen and oxygen atoms in total. The van der Waals surface area contributed by atoms with E-state index >= 15 is 0 Å². The van der Waals surface area contributed by atoms with Crippen LogP contribution in [-0.4, -0.2) is 14.5 Å². The lowest BCUT2D eigenvalue weighted by molar-refractivity contribution is 0.968. The van der Waals surface area contributed by atoms with Gasteiger partial charge in [0.05, 0.1) is 16.7 Å². The summed E-state index contributed by atoms with van der Waals surface area (Å²) >= 11 is 0. The van der Waals surface area contributed by atoms with Gasteiger partial charge in [-0.1, -0.05) is 72.8 Å². The van der Waals surface area contributed by atoms with E-state index in [-0.39, 0.29) is 0 Å². The predicted molar refractivity (Wildman–Crippen MR) is 128 cm³/mol. The van der Waals surface area contributed by atoms with E-state index < -0.39 is 0 Å². The maximum absolute atomic E-state index is 4.84. The second kappa shape index (κ2) is 7.37. The summed E-state index contributed by atoms with van der Waals surface area (Å²) in [5, 5.41) is 2.60. The first-order valence-corrected chi connectivity index (χ1v) is 10.7. The minimum Gasteiger partial charge on any atom is -0.313 e. The number of aromatic nitrogens is 3. The second-order valence-corrected chi connectivity index (χ2v) is 7.85. The minimum atomic E-state index is 0.818. The van der Waals surface area contributed by atoms with Crippen LogP contribution in [0.25, 0.3) is 44.3 Å². The molecule has 0 N–H and O–H groups in total. The fourth-order valence-electron chi connectivity index (χ4n) is 4.51. The normalized spacial score (nSPS) is 13.9. The Morgan fingerprint density at radius 2 is 1.32 bits per heavy atom. The van der Waals surface area contributed by atoms with Crippen LogP contribution in [0.3, 0.4) is 0 Å². The molecule has 3 aromatic carbocycles. The Balaban J connectivity index is 1.42. The van der Waals surface area contributed by atoms with Crippen molar-refractivity contribution in [1.82, 2.24) is 14.5 Å². The molecular weight excluding hydrogens is 378 g/mol. The third kappa shape index (κ3) is 3.06. The molecule has 6 rings (SSSR count). The lowest BCUT2D eigenvalue weighted by Crippen LogP contribution is -2.03. The third-order valence-electron chi connectivity index (χ3n) is 6.01. The van der Waals surface area contributed by atoms with Gasteiger partial charge in [0.2, 0.25) is 0 Å². The number of allylic oxidation sites excluding steroid dienone is 4. The van der Waals surface area contributed by atoms with Crippen molar-refractivity contribution in [3.8, 4) is 11.3 Å². The third-order valence-corrected chi connectivity index (χ3v) is 6.01. The quantitative estimate of drug-likeness (QED) is 0.328. The number of benzene rings is 3. The zero-order chi connectivity index (χ0) is 20.6. The zero-order valence-electron chi connectivity index (χ0n) is 17.1. The molecule has 1 aliphatic rings. The van der Waals surface area contributed by atoms with Gasteiger partial charge in [-0.2, -0.15) is 0 Å². The van der Waals surface area contributed by atoms with E-state index in [1.54, 1.807) is 0 Å². The van der Waals surface area contributed by atoms with Crippen LogP contribution in [-0.2, 0) is 0 Å². The van der Waals surface area contributed by atoms with Gasteiger partial charge in [-0.25, -0.2) is 9.97 Å². The number of fused-ring (bicyclic) bond motifs is 3. The summed E-state index contributed by atoms with van der Waals surface area (Å²) < 4.78 is 2.40. The Morgan fingerprint density at radius 3 is 2.00 bits per heavy atom. The smallest absolute Gasteiger partial charge is 0.155 e. The topological polar surface area (TPSA) is 30.7 Å². The summed E-state index contributed by atoms with van der Waals surface area (Å²) in [6.07, 6.45) is 8.15. The van der Waals surface area contributed by atoms with E-state index in [2.05, 4.69) is 82.4 Å². The van der Waals surface area contributed by atoms with Crippen LogP contribution in [0.15, 0.2) is 103 Å². The molecule has 0 saturated heterocycles. The number of hydrogen-bond acceptors (Lipinski definition) is 2. The molecule has 148 valence electrons. The van der Waals surface area contributed by atoms with Crippen molar-refractivity contribution in [2.24, 2.45) is 0 Å². The predicted octanol–water partition coefficient (Wildman–Crippen LogP) is 6.97. The summed E-state index contributed by atoms with van der Waals surface area (Å²) in [7, 11) is 0. The molecule has 3 heteroatoms. The lowest BCUT2D eigenvalue weighted by atomic mass is 10.0. The zero-order valence-corrected chi connectivity index (χ0v) is 17.1. The molecule has 0 atom stereocenters. The fraction of sp³-hybridized carbons (Fsp3) is 0.0714. The van der Waals surface area contributed by atoms with E-state index in [0.29, 0.717) is 0 Å². The van der Waals surface area contributed by atoms with E-state index in [4.69, 9.17) is 4.98 Å². The van der Waals surface area contributed by atoms with E-state index in [9.17, 15) is 0 Å². The highest BCUT2D eigenvalue weighted by molar-refractivity contribution is 6.10.